The maximum atomic E-state index is 14.8. The van der Waals surface area contributed by atoms with Crippen LogP contribution < -0.4 is 5.32 Å². The number of ether oxygens (including phenoxy) is 5. The summed E-state index contributed by atoms with van der Waals surface area (Å²) in [5.41, 5.74) is -8.77. The number of hydrogen-bond acceptors (Lipinski definition) is 14. The topological polar surface area (TPSA) is 221 Å². The van der Waals surface area contributed by atoms with E-state index in [1.165, 1.54) is 39.8 Å². The third-order valence-corrected chi connectivity index (χ3v) is 12.4. The van der Waals surface area contributed by atoms with Crippen LogP contribution in [0.1, 0.15) is 90.2 Å². The van der Waals surface area contributed by atoms with Crippen molar-refractivity contribution in [2.24, 2.45) is 16.7 Å². The summed E-state index contributed by atoms with van der Waals surface area (Å²) >= 11 is 0. The van der Waals surface area contributed by atoms with Crippen LogP contribution in [0.4, 0.5) is 4.79 Å². The zero-order valence-corrected chi connectivity index (χ0v) is 33.8. The van der Waals surface area contributed by atoms with Crippen LogP contribution in [0.15, 0.2) is 71.8 Å². The van der Waals surface area contributed by atoms with E-state index in [2.05, 4.69) is 5.32 Å². The van der Waals surface area contributed by atoms with Gasteiger partial charge in [0, 0.05) is 30.8 Å². The molecule has 2 aromatic carbocycles. The van der Waals surface area contributed by atoms with E-state index in [4.69, 9.17) is 23.7 Å². The third kappa shape index (κ3) is 7.01. The molecular formula is C43H51NO14. The quantitative estimate of drug-likeness (QED) is 0.171. The summed E-state index contributed by atoms with van der Waals surface area (Å²) in [7, 11) is 0. The Bertz CT molecular complexity index is 2020. The van der Waals surface area contributed by atoms with Crippen molar-refractivity contribution in [1.29, 1.82) is 0 Å². The molecule has 15 nitrogen and oxygen atoms in total. The number of Topliss-reactive ketones (excluding diaryl/α,β-unsaturated/α-hetero) is 2. The van der Waals surface area contributed by atoms with E-state index < -0.39 is 112 Å². The fourth-order valence-corrected chi connectivity index (χ4v) is 9.34. The molecule has 0 radical (unpaired) electrons. The lowest BCUT2D eigenvalue weighted by Gasteiger charge is -2.66. The smallest absolute Gasteiger partial charge is 0.408 e. The molecule has 6 rings (SSSR count). The van der Waals surface area contributed by atoms with Crippen LogP contribution in [0.3, 0.4) is 0 Å². The van der Waals surface area contributed by atoms with Crippen molar-refractivity contribution in [3.63, 3.8) is 0 Å². The van der Waals surface area contributed by atoms with Crippen molar-refractivity contribution < 1.29 is 67.8 Å². The van der Waals surface area contributed by atoms with E-state index in [1.807, 2.05) is 0 Å². The summed E-state index contributed by atoms with van der Waals surface area (Å²) in [6.07, 6.45) is -9.78. The number of aliphatic hydroxyl groups excluding tert-OH is 2. The van der Waals surface area contributed by atoms with E-state index in [9.17, 15) is 44.1 Å². The number of nitrogens with one attached hydrogen (secondary N) is 1. The largest absolute Gasteiger partial charge is 0.456 e. The van der Waals surface area contributed by atoms with E-state index in [0.717, 1.165) is 6.92 Å². The first-order valence-corrected chi connectivity index (χ1v) is 19.2. The van der Waals surface area contributed by atoms with Gasteiger partial charge in [0.05, 0.1) is 35.6 Å². The maximum absolute atomic E-state index is 14.8. The SMILES string of the molecule is CC(=O)O[C@@]12CO[C@H]1C[C@H](O)[C@@]1(C)C(=O)C(=O)C3=C(C)C(OC(=O)C(O)[C@@H](NC(=O)OC(C)(C)C)c4ccccc4)C[C@@](O)(C(OC(=O)c4ccccc4)[C@@H]21)C3(C)C. The van der Waals surface area contributed by atoms with Gasteiger partial charge in [-0.2, -0.15) is 0 Å². The molecule has 3 fully saturated rings. The molecule has 10 atom stereocenters. The molecule has 4 N–H and O–H groups in total. The van der Waals surface area contributed by atoms with Crippen LogP contribution in [0.5, 0.6) is 0 Å². The number of aliphatic hydroxyl groups is 3. The standard InChI is InChI=1S/C43H51NO14/c1-22-26(55-37(51)32(48)30(24-15-11-9-12-16-24)44-38(52)58-39(3,4)5)20-43(53)35(56-36(50)25-17-13-10-14-18-25)33-41(8,34(49)31(47)29(22)40(43,6)7)27(46)19-28-42(33,21-54-28)57-23(2)45/h9-18,26-28,30,32-33,35,46,48,53H,19-21H2,1-8H3,(H,44,52)/t26?,27-,28-,30-,32?,33+,35?,41+,42-,43+/m0/s1. The minimum absolute atomic E-state index is 0.0602. The molecule has 1 saturated heterocycles. The third-order valence-electron chi connectivity index (χ3n) is 12.4. The molecule has 312 valence electrons. The molecule has 1 amide bonds. The first-order valence-electron chi connectivity index (χ1n) is 19.2. The van der Waals surface area contributed by atoms with E-state index >= 15 is 0 Å². The highest BCUT2D eigenvalue weighted by atomic mass is 16.6. The summed E-state index contributed by atoms with van der Waals surface area (Å²) in [6, 6.07) is 14.5. The first-order chi connectivity index (χ1) is 27.0. The Morgan fingerprint density at radius 3 is 2.10 bits per heavy atom. The first kappa shape index (κ1) is 42.6. The predicted octanol–water partition coefficient (Wildman–Crippen LogP) is 3.47. The Balaban J connectivity index is 1.49. The fourth-order valence-electron chi connectivity index (χ4n) is 9.34. The number of rotatable bonds is 8. The van der Waals surface area contributed by atoms with Gasteiger partial charge in [0.1, 0.15) is 29.5 Å². The number of benzene rings is 2. The maximum Gasteiger partial charge on any atom is 0.408 e. The Labute approximate surface area is 336 Å². The minimum Gasteiger partial charge on any atom is -0.456 e. The predicted molar refractivity (Wildman–Crippen MR) is 203 cm³/mol. The minimum atomic E-state index is -2.41. The molecule has 15 heteroatoms. The second-order valence-electron chi connectivity index (χ2n) is 17.4. The lowest BCUT2D eigenvalue weighted by molar-refractivity contribution is -0.343. The average Bonchev–Trinajstić information content (AvgIpc) is 3.14. The molecule has 58 heavy (non-hydrogen) atoms. The van der Waals surface area contributed by atoms with E-state index in [-0.39, 0.29) is 29.7 Å². The second-order valence-corrected chi connectivity index (χ2v) is 17.4. The molecule has 1 heterocycles. The lowest BCUT2D eigenvalue weighted by atomic mass is 9.45. The molecule has 2 saturated carbocycles. The molecule has 1 aliphatic heterocycles. The van der Waals surface area contributed by atoms with Crippen molar-refractivity contribution in [1.82, 2.24) is 5.32 Å². The van der Waals surface area contributed by atoms with Crippen LogP contribution in [0.25, 0.3) is 0 Å². The van der Waals surface area contributed by atoms with Gasteiger partial charge in [0.25, 0.3) is 0 Å². The summed E-state index contributed by atoms with van der Waals surface area (Å²) in [5.74, 6) is -6.80. The van der Waals surface area contributed by atoms with Gasteiger partial charge in [-0.25, -0.2) is 14.4 Å². The zero-order chi connectivity index (χ0) is 42.7. The van der Waals surface area contributed by atoms with Crippen LogP contribution >= 0.6 is 0 Å². The molecule has 3 aliphatic carbocycles. The highest BCUT2D eigenvalue weighted by Gasteiger charge is 2.78. The number of amides is 1. The summed E-state index contributed by atoms with van der Waals surface area (Å²) < 4.78 is 29.4. The summed E-state index contributed by atoms with van der Waals surface area (Å²) in [5, 5.41) is 39.3. The van der Waals surface area contributed by atoms with Crippen molar-refractivity contribution in [3.8, 4) is 0 Å². The molecule has 4 aliphatic rings. The zero-order valence-electron chi connectivity index (χ0n) is 33.8. The van der Waals surface area contributed by atoms with Crippen molar-refractivity contribution in [2.45, 2.75) is 122 Å². The van der Waals surface area contributed by atoms with Crippen LogP contribution in [-0.2, 0) is 42.9 Å². The van der Waals surface area contributed by atoms with Gasteiger partial charge in [0.15, 0.2) is 11.7 Å². The van der Waals surface area contributed by atoms with Crippen molar-refractivity contribution in [3.05, 3.63) is 82.9 Å². The van der Waals surface area contributed by atoms with Crippen LogP contribution in [-0.4, -0.2) is 105 Å². The number of alkyl carbamates (subject to hydrolysis) is 1. The van der Waals surface area contributed by atoms with Crippen molar-refractivity contribution >= 4 is 35.6 Å². The Morgan fingerprint density at radius 2 is 1.55 bits per heavy atom. The number of esters is 3. The number of hydrogen-bond donors (Lipinski definition) is 4. The van der Waals surface area contributed by atoms with Gasteiger partial charge in [-0.3, -0.25) is 14.4 Å². The highest BCUT2D eigenvalue weighted by Crippen LogP contribution is 2.63. The van der Waals surface area contributed by atoms with Gasteiger partial charge >= 0.3 is 24.0 Å². The molecule has 3 unspecified atom stereocenters. The Hall–Kier alpha value is -4.96. The number of ketones is 2. The van der Waals surface area contributed by atoms with Gasteiger partial charge in [0.2, 0.25) is 11.6 Å². The molecular weight excluding hydrogens is 754 g/mol. The Morgan fingerprint density at radius 1 is 0.948 bits per heavy atom. The average molecular weight is 806 g/mol. The summed E-state index contributed by atoms with van der Waals surface area (Å²) in [4.78, 5) is 83.5. The number of carbonyl (C=O) groups is 6. The van der Waals surface area contributed by atoms with E-state index in [0.29, 0.717) is 5.56 Å². The monoisotopic (exact) mass is 805 g/mol. The van der Waals surface area contributed by atoms with Crippen LogP contribution in [0, 0.1) is 16.7 Å². The Kier molecular flexibility index (Phi) is 11.0. The molecule has 0 spiro atoms. The van der Waals surface area contributed by atoms with Gasteiger partial charge in [-0.05, 0) is 57.9 Å². The molecule has 2 aromatic rings. The van der Waals surface area contributed by atoms with Crippen LogP contribution in [0.2, 0.25) is 0 Å². The normalized spacial score (nSPS) is 32.4. The number of carbonyl (C=O) groups excluding carboxylic acids is 6. The lowest BCUT2D eigenvalue weighted by Crippen LogP contribution is -2.81. The van der Waals surface area contributed by atoms with Crippen molar-refractivity contribution in [2.75, 3.05) is 6.61 Å². The fraction of sp³-hybridized carbons (Fsp3) is 0.535. The van der Waals surface area contributed by atoms with E-state index in [1.54, 1.807) is 69.3 Å². The second kappa shape index (κ2) is 15.0. The highest BCUT2D eigenvalue weighted by molar-refractivity contribution is 6.46. The molecule has 2 bridgehead atoms. The van der Waals surface area contributed by atoms with Gasteiger partial charge < -0.3 is 44.3 Å². The molecule has 0 aromatic heterocycles. The van der Waals surface area contributed by atoms with Gasteiger partial charge in [-0.1, -0.05) is 62.4 Å². The van der Waals surface area contributed by atoms with Gasteiger partial charge in [-0.15, -0.1) is 0 Å². The number of fused-ring (bicyclic) bond motifs is 5. The summed E-state index contributed by atoms with van der Waals surface area (Å²) in [6.45, 7) is 11.5.